The molecule has 0 aromatic heterocycles. The van der Waals surface area contributed by atoms with Crippen LogP contribution in [-0.4, -0.2) is 27.0 Å². The minimum atomic E-state index is -2.75. The summed E-state index contributed by atoms with van der Waals surface area (Å²) in [6, 6.07) is 20.7. The molecule has 2 aromatic rings. The van der Waals surface area contributed by atoms with Crippen LogP contribution in [0.25, 0.3) is 0 Å². The molecule has 0 bridgehead atoms. The zero-order valence-corrected chi connectivity index (χ0v) is 17.3. The zero-order valence-electron chi connectivity index (χ0n) is 16.3. The fourth-order valence-electron chi connectivity index (χ4n) is 4.39. The van der Waals surface area contributed by atoms with Crippen LogP contribution in [-0.2, 0) is 14.0 Å². The van der Waals surface area contributed by atoms with E-state index in [1.807, 2.05) is 36.4 Å². The van der Waals surface area contributed by atoms with Gasteiger partial charge in [-0.2, -0.15) is 0 Å². The molecule has 1 fully saturated rings. The first-order chi connectivity index (χ1) is 12.9. The molecule has 0 radical (unpaired) electrons. The van der Waals surface area contributed by atoms with Crippen LogP contribution in [0.2, 0.25) is 5.04 Å². The van der Waals surface area contributed by atoms with E-state index in [9.17, 15) is 9.59 Å². The summed E-state index contributed by atoms with van der Waals surface area (Å²) in [5.74, 6) is -0.441. The summed E-state index contributed by atoms with van der Waals surface area (Å²) in [5.41, 5.74) is 0. The van der Waals surface area contributed by atoms with Gasteiger partial charge >= 0.3 is 0 Å². The highest BCUT2D eigenvalue weighted by atomic mass is 28.4. The Morgan fingerprint density at radius 1 is 0.815 bits per heavy atom. The predicted octanol–water partition coefficient (Wildman–Crippen LogP) is 3.36. The van der Waals surface area contributed by atoms with Crippen molar-refractivity contribution in [2.24, 2.45) is 11.8 Å². The zero-order chi connectivity index (χ0) is 19.5. The Kier molecular flexibility index (Phi) is 5.77. The summed E-state index contributed by atoms with van der Waals surface area (Å²) >= 11 is 0. The maximum Gasteiger partial charge on any atom is 0.261 e. The van der Waals surface area contributed by atoms with Crippen molar-refractivity contribution in [3.63, 3.8) is 0 Å². The fraction of sp³-hybridized carbons (Fsp3) is 0.391. The Balaban J connectivity index is 2.20. The van der Waals surface area contributed by atoms with Crippen LogP contribution in [0.3, 0.4) is 0 Å². The second kappa shape index (κ2) is 7.91. The number of benzene rings is 2. The average Bonchev–Trinajstić information content (AvgIpc) is 3.08. The molecular formula is C23H28O3Si. The molecule has 0 spiro atoms. The van der Waals surface area contributed by atoms with Crippen molar-refractivity contribution >= 4 is 31.3 Å². The highest BCUT2D eigenvalue weighted by Crippen LogP contribution is 2.41. The molecule has 2 atom stereocenters. The Hall–Kier alpha value is -2.04. The number of carbonyl (C=O) groups is 2. The lowest BCUT2D eigenvalue weighted by Gasteiger charge is -2.45. The predicted molar refractivity (Wildman–Crippen MR) is 111 cm³/mol. The molecule has 0 heterocycles. The summed E-state index contributed by atoms with van der Waals surface area (Å²) in [7, 11) is -2.75. The van der Waals surface area contributed by atoms with Gasteiger partial charge in [0.05, 0.1) is 6.10 Å². The molecule has 3 nitrogen and oxygen atoms in total. The van der Waals surface area contributed by atoms with Crippen molar-refractivity contribution in [2.45, 2.75) is 44.8 Å². The van der Waals surface area contributed by atoms with Crippen molar-refractivity contribution in [1.82, 2.24) is 0 Å². The van der Waals surface area contributed by atoms with E-state index >= 15 is 0 Å². The minimum absolute atomic E-state index is 0.167. The summed E-state index contributed by atoms with van der Waals surface area (Å²) in [4.78, 5) is 23.4. The van der Waals surface area contributed by atoms with E-state index in [-0.39, 0.29) is 23.0 Å². The van der Waals surface area contributed by atoms with E-state index in [1.165, 1.54) is 10.4 Å². The topological polar surface area (TPSA) is 43.4 Å². The van der Waals surface area contributed by atoms with E-state index in [0.717, 1.165) is 25.4 Å². The Labute approximate surface area is 162 Å². The molecule has 1 saturated carbocycles. The first-order valence-corrected chi connectivity index (χ1v) is 11.5. The van der Waals surface area contributed by atoms with Gasteiger partial charge in [-0.1, -0.05) is 81.4 Å². The van der Waals surface area contributed by atoms with Gasteiger partial charge in [-0.3, -0.25) is 0 Å². The van der Waals surface area contributed by atoms with E-state index in [4.69, 9.17) is 4.43 Å². The third kappa shape index (κ3) is 3.56. The van der Waals surface area contributed by atoms with Gasteiger partial charge in [-0.05, 0) is 28.3 Å². The van der Waals surface area contributed by atoms with Crippen LogP contribution >= 0.6 is 0 Å². The van der Waals surface area contributed by atoms with Crippen molar-refractivity contribution in [3.8, 4) is 0 Å². The molecule has 0 amide bonds. The third-order valence-corrected chi connectivity index (χ3v) is 10.8. The minimum Gasteiger partial charge on any atom is -0.403 e. The monoisotopic (exact) mass is 380 g/mol. The van der Waals surface area contributed by atoms with Crippen LogP contribution in [0, 0.1) is 11.8 Å². The molecule has 142 valence electrons. The van der Waals surface area contributed by atoms with Gasteiger partial charge in [0, 0.05) is 11.8 Å². The quantitative estimate of drug-likeness (QED) is 0.570. The van der Waals surface area contributed by atoms with Gasteiger partial charge in [0.25, 0.3) is 8.32 Å². The third-order valence-electron chi connectivity index (χ3n) is 5.76. The van der Waals surface area contributed by atoms with Gasteiger partial charge in [-0.15, -0.1) is 0 Å². The first kappa shape index (κ1) is 19.7. The maximum atomic E-state index is 11.7. The molecule has 1 aliphatic carbocycles. The average molecular weight is 381 g/mol. The van der Waals surface area contributed by atoms with Gasteiger partial charge in [0.1, 0.15) is 12.6 Å². The molecule has 0 N–H and O–H groups in total. The van der Waals surface area contributed by atoms with Crippen molar-refractivity contribution < 1.29 is 14.0 Å². The second-order valence-corrected chi connectivity index (χ2v) is 12.7. The summed E-state index contributed by atoms with van der Waals surface area (Å²) in [6.45, 7) is 6.63. The highest BCUT2D eigenvalue weighted by molar-refractivity contribution is 6.99. The molecular weight excluding hydrogens is 352 g/mol. The van der Waals surface area contributed by atoms with Crippen molar-refractivity contribution in [2.75, 3.05) is 0 Å². The molecule has 3 rings (SSSR count). The Morgan fingerprint density at radius 2 is 1.22 bits per heavy atom. The molecule has 0 aliphatic heterocycles. The van der Waals surface area contributed by atoms with Crippen LogP contribution < -0.4 is 10.4 Å². The van der Waals surface area contributed by atoms with Crippen LogP contribution in [0.4, 0.5) is 0 Å². The van der Waals surface area contributed by atoms with Gasteiger partial charge in [-0.25, -0.2) is 0 Å². The standard InChI is InChI=1S/C23H28O3Si/c1-23(2,3)27(20-10-6-4-7-11-20,21-12-8-5-9-13-21)26-22-18(16-24)14-15-19(22)17-25/h4-13,16-19,22H,14-15H2,1-3H3. The Bertz CT molecular complexity index is 712. The molecule has 27 heavy (non-hydrogen) atoms. The summed E-state index contributed by atoms with van der Waals surface area (Å²) < 4.78 is 7.02. The lowest BCUT2D eigenvalue weighted by Crippen LogP contribution is -2.68. The molecule has 2 aromatic carbocycles. The largest absolute Gasteiger partial charge is 0.403 e. The van der Waals surface area contributed by atoms with Crippen LogP contribution in [0.5, 0.6) is 0 Å². The van der Waals surface area contributed by atoms with E-state index < -0.39 is 8.32 Å². The van der Waals surface area contributed by atoms with Crippen molar-refractivity contribution in [1.29, 1.82) is 0 Å². The summed E-state index contributed by atoms with van der Waals surface area (Å²) in [5, 5.41) is 2.17. The lowest BCUT2D eigenvalue weighted by molar-refractivity contribution is -0.116. The normalized spacial score (nSPS) is 23.1. The van der Waals surface area contributed by atoms with E-state index in [2.05, 4.69) is 45.0 Å². The number of hydrogen-bond donors (Lipinski definition) is 0. The van der Waals surface area contributed by atoms with Crippen LogP contribution in [0.1, 0.15) is 33.6 Å². The second-order valence-electron chi connectivity index (χ2n) is 8.42. The molecule has 1 aliphatic rings. The number of aldehydes is 2. The van der Waals surface area contributed by atoms with E-state index in [0.29, 0.717) is 0 Å². The number of hydrogen-bond acceptors (Lipinski definition) is 3. The first-order valence-electron chi connectivity index (χ1n) is 9.63. The Morgan fingerprint density at radius 3 is 1.56 bits per heavy atom. The SMILES string of the molecule is CC(C)(C)[Si](OC1C(C=O)CCC1C=O)(c1ccccc1)c1ccccc1. The lowest BCUT2D eigenvalue weighted by atomic mass is 10.0. The van der Waals surface area contributed by atoms with E-state index in [1.54, 1.807) is 0 Å². The van der Waals surface area contributed by atoms with Gasteiger partial charge < -0.3 is 14.0 Å². The van der Waals surface area contributed by atoms with Crippen LogP contribution in [0.15, 0.2) is 60.7 Å². The van der Waals surface area contributed by atoms with Crippen molar-refractivity contribution in [3.05, 3.63) is 60.7 Å². The maximum absolute atomic E-state index is 11.7. The fourth-order valence-corrected chi connectivity index (χ4v) is 9.16. The van der Waals surface area contributed by atoms with Gasteiger partial charge in [0.15, 0.2) is 0 Å². The summed E-state index contributed by atoms with van der Waals surface area (Å²) in [6.07, 6.45) is 3.04. The number of rotatable bonds is 6. The molecule has 0 saturated heterocycles. The molecule has 2 unspecified atom stereocenters. The smallest absolute Gasteiger partial charge is 0.261 e. The van der Waals surface area contributed by atoms with Gasteiger partial charge in [0.2, 0.25) is 0 Å². The molecule has 4 heteroatoms. The highest BCUT2D eigenvalue weighted by Gasteiger charge is 2.54. The number of carbonyl (C=O) groups excluding carboxylic acids is 2.